The molecule has 30 heteroatoms. The summed E-state index contributed by atoms with van der Waals surface area (Å²) in [5.41, 5.74) is -1.45. The number of nitrogens with zero attached hydrogens (tertiary/aromatic N) is 6. The molecule has 2 aromatic heterocycles. The lowest BCUT2D eigenvalue weighted by atomic mass is 10.1. The number of hydrogen-bond donors (Lipinski definition) is 2. The first-order valence-corrected chi connectivity index (χ1v) is 28.3. The molecule has 6 heterocycles. The van der Waals surface area contributed by atoms with Crippen molar-refractivity contribution in [3.63, 3.8) is 0 Å². The van der Waals surface area contributed by atoms with E-state index in [-0.39, 0.29) is 94.2 Å². The Morgan fingerprint density at radius 1 is 0.415 bits per heavy atom. The van der Waals surface area contributed by atoms with Crippen molar-refractivity contribution in [1.82, 2.24) is 0 Å². The maximum Gasteiger partial charge on any atom is 0.349 e. The van der Waals surface area contributed by atoms with Gasteiger partial charge in [-0.2, -0.15) is 0 Å². The number of carbonyl (C=O) groups excluding carboxylic acids is 12. The number of hydrogen-bond acceptors (Lipinski definition) is 24. The molecule has 30 nitrogen and oxygen atoms in total. The first-order chi connectivity index (χ1) is 45.0. The first kappa shape index (κ1) is 65.9. The standard InChI is InChI=1S/C34H30N4O13.C30H26N4O9/c1-47-25-16-27(39)37(32(25)44)21-12-19(13-22(14-21)38-28(40)17-26(48-2)33(38)45)35-31(43)23-11-18-5-6-20(15-24(18)51-34(23)46)36(9-7-29(41)49-3)10-8-30(42)50-4;1-5-32(6-2)18-8-7-16-9-21(30(40)43-22(16)13-18)27(37)31-17-10-19(33-25(35)14-23(41-3)28(33)38)12-20(11-17)34-26(36)15-24(42-4)29(34)39/h5-6,11-17H,7-10H2,1-4H3,(H,35,43);7-15H,5-6H2,1-4H3,(H,31,37). The quantitative estimate of drug-likeness (QED) is 0.0537. The zero-order valence-corrected chi connectivity index (χ0v) is 51.3. The predicted octanol–water partition coefficient (Wildman–Crippen LogP) is 4.48. The molecular weight excluding hydrogens is 1230 g/mol. The van der Waals surface area contributed by atoms with Crippen LogP contribution in [-0.2, 0) is 76.4 Å². The Hall–Kier alpha value is -12.5. The fraction of sp³-hybridized carbons (Fsp3) is 0.219. The van der Waals surface area contributed by atoms with Gasteiger partial charge in [0.15, 0.2) is 23.0 Å². The summed E-state index contributed by atoms with van der Waals surface area (Å²) in [6.45, 7) is 5.86. The smallest absolute Gasteiger partial charge is 0.349 e. The topological polar surface area (TPSA) is 364 Å². The molecule has 0 aliphatic carbocycles. The van der Waals surface area contributed by atoms with E-state index in [4.69, 9.17) is 37.3 Å². The number of fused-ring (bicyclic) bond motifs is 2. The van der Waals surface area contributed by atoms with Gasteiger partial charge in [0.05, 0.1) is 103 Å². The zero-order valence-electron chi connectivity index (χ0n) is 51.3. The second-order valence-corrected chi connectivity index (χ2v) is 20.3. The van der Waals surface area contributed by atoms with E-state index in [9.17, 15) is 67.1 Å². The van der Waals surface area contributed by atoms with Crippen LogP contribution in [0.25, 0.3) is 21.9 Å². The fourth-order valence-corrected chi connectivity index (χ4v) is 10.1. The van der Waals surface area contributed by atoms with Crippen molar-refractivity contribution < 1.29 is 94.8 Å². The van der Waals surface area contributed by atoms with E-state index >= 15 is 0 Å². The summed E-state index contributed by atoms with van der Waals surface area (Å²) in [5.74, 6) is -10.1. The summed E-state index contributed by atoms with van der Waals surface area (Å²) in [6.07, 6.45) is 3.89. The van der Waals surface area contributed by atoms with Gasteiger partial charge in [0.25, 0.3) is 35.4 Å². The largest absolute Gasteiger partial charge is 0.491 e. The molecule has 6 aromatic rings. The Morgan fingerprint density at radius 2 is 0.723 bits per heavy atom. The molecule has 94 heavy (non-hydrogen) atoms. The number of ether oxygens (including phenoxy) is 6. The van der Waals surface area contributed by atoms with Crippen molar-refractivity contribution in [2.75, 3.05) is 109 Å². The van der Waals surface area contributed by atoms with E-state index in [0.29, 0.717) is 22.0 Å². The van der Waals surface area contributed by atoms with E-state index in [1.54, 1.807) is 29.2 Å². The van der Waals surface area contributed by atoms with Crippen LogP contribution in [0.5, 0.6) is 0 Å². The van der Waals surface area contributed by atoms with Gasteiger partial charge in [-0.25, -0.2) is 29.2 Å². The maximum atomic E-state index is 13.5. The number of carbonyl (C=O) groups is 12. The molecule has 0 saturated carbocycles. The number of amides is 10. The summed E-state index contributed by atoms with van der Waals surface area (Å²) < 4.78 is 40.2. The highest BCUT2D eigenvalue weighted by atomic mass is 16.5. The van der Waals surface area contributed by atoms with Gasteiger partial charge in [-0.15, -0.1) is 0 Å². The molecule has 4 aliphatic rings. The molecule has 4 aliphatic heterocycles. The molecule has 2 N–H and O–H groups in total. The van der Waals surface area contributed by atoms with Crippen LogP contribution in [0.3, 0.4) is 0 Å². The van der Waals surface area contributed by atoms with E-state index in [1.165, 1.54) is 97.3 Å². The van der Waals surface area contributed by atoms with Gasteiger partial charge in [-0.1, -0.05) is 0 Å². The number of benzene rings is 4. The number of rotatable bonds is 22. The molecule has 10 amide bonds. The van der Waals surface area contributed by atoms with Gasteiger partial charge in [0, 0.05) is 71.8 Å². The van der Waals surface area contributed by atoms with Gasteiger partial charge in [-0.3, -0.25) is 57.5 Å². The normalized spacial score (nSPS) is 14.4. The summed E-state index contributed by atoms with van der Waals surface area (Å²) >= 11 is 0. The Bertz CT molecular complexity index is 4360. The lowest BCUT2D eigenvalue weighted by molar-refractivity contribution is -0.140. The maximum absolute atomic E-state index is 13.5. The molecule has 0 bridgehead atoms. The van der Waals surface area contributed by atoms with Crippen LogP contribution in [0.2, 0.25) is 0 Å². The number of esters is 2. The Balaban J connectivity index is 0.000000224. The molecular formula is C64H56N8O22. The second kappa shape index (κ2) is 27.7. The van der Waals surface area contributed by atoms with Crippen molar-refractivity contribution in [1.29, 1.82) is 0 Å². The number of nitrogens with one attached hydrogen (secondary N) is 2. The van der Waals surface area contributed by atoms with Crippen molar-refractivity contribution >= 4 is 138 Å². The van der Waals surface area contributed by atoms with Crippen LogP contribution < -0.4 is 51.3 Å². The van der Waals surface area contributed by atoms with E-state index in [1.807, 2.05) is 19.9 Å². The van der Waals surface area contributed by atoms with Crippen molar-refractivity contribution in [2.45, 2.75) is 26.7 Å². The molecule has 0 atom stereocenters. The average Bonchev–Trinajstić information content (AvgIpc) is 1.50. The number of imide groups is 4. The second-order valence-electron chi connectivity index (χ2n) is 20.3. The molecule has 4 aromatic carbocycles. The monoisotopic (exact) mass is 1290 g/mol. The number of methoxy groups -OCH3 is 6. The van der Waals surface area contributed by atoms with Crippen LogP contribution in [0.1, 0.15) is 47.4 Å². The van der Waals surface area contributed by atoms with Crippen molar-refractivity contribution in [3.8, 4) is 0 Å². The lowest BCUT2D eigenvalue weighted by Crippen LogP contribution is -2.33. The summed E-state index contributed by atoms with van der Waals surface area (Å²) in [7, 11) is 7.35. The summed E-state index contributed by atoms with van der Waals surface area (Å²) in [6, 6.07) is 20.2. The minimum atomic E-state index is -1.03. The van der Waals surface area contributed by atoms with Gasteiger partial charge in [0.2, 0.25) is 0 Å². The molecule has 0 radical (unpaired) electrons. The fourth-order valence-electron chi connectivity index (χ4n) is 10.1. The van der Waals surface area contributed by atoms with Crippen LogP contribution >= 0.6 is 0 Å². The third kappa shape index (κ3) is 13.4. The molecule has 0 fully saturated rings. The van der Waals surface area contributed by atoms with E-state index < -0.39 is 87.8 Å². The van der Waals surface area contributed by atoms with Crippen molar-refractivity contribution in [2.24, 2.45) is 0 Å². The third-order valence-corrected chi connectivity index (χ3v) is 14.8. The Kier molecular flexibility index (Phi) is 19.4. The van der Waals surface area contributed by atoms with Gasteiger partial charge in [-0.05, 0) is 86.6 Å². The highest BCUT2D eigenvalue weighted by molar-refractivity contribution is 6.33. The van der Waals surface area contributed by atoms with Crippen molar-refractivity contribution in [3.05, 3.63) is 164 Å². The van der Waals surface area contributed by atoms with Crippen LogP contribution in [0.4, 0.5) is 45.5 Å². The average molecular weight is 1290 g/mol. The van der Waals surface area contributed by atoms with Gasteiger partial charge >= 0.3 is 46.8 Å². The first-order valence-electron chi connectivity index (χ1n) is 28.3. The predicted molar refractivity (Wildman–Crippen MR) is 333 cm³/mol. The highest BCUT2D eigenvalue weighted by Gasteiger charge is 2.40. The van der Waals surface area contributed by atoms with E-state index in [0.717, 1.165) is 62.7 Å². The zero-order chi connectivity index (χ0) is 68.0. The van der Waals surface area contributed by atoms with E-state index in [2.05, 4.69) is 15.5 Å². The molecule has 10 rings (SSSR count). The molecule has 0 spiro atoms. The third-order valence-electron chi connectivity index (χ3n) is 14.8. The molecule has 484 valence electrons. The van der Waals surface area contributed by atoms with Gasteiger partial charge < -0.3 is 57.7 Å². The lowest BCUT2D eigenvalue weighted by Gasteiger charge is -2.24. The minimum absolute atomic E-state index is 0.00988. The van der Waals surface area contributed by atoms with Gasteiger partial charge in [0.1, 0.15) is 22.3 Å². The molecule has 0 unspecified atom stereocenters. The summed E-state index contributed by atoms with van der Waals surface area (Å²) in [4.78, 5) is 185. The van der Waals surface area contributed by atoms with Crippen LogP contribution in [-0.4, -0.2) is 140 Å². The Morgan fingerprint density at radius 3 is 1.00 bits per heavy atom. The highest BCUT2D eigenvalue weighted by Crippen LogP contribution is 2.36. The van der Waals surface area contributed by atoms with Crippen LogP contribution in [0, 0.1) is 0 Å². The Labute approximate surface area is 531 Å². The van der Waals surface area contributed by atoms with Crippen LogP contribution in [0.15, 0.2) is 151 Å². The SMILES string of the molecule is CCN(CC)c1ccc2cc(C(=O)Nc3cc(N4C(=O)C=C(OC)C4=O)cc(N4C(=O)C=C(OC)C4=O)c3)c(=O)oc2c1.COC(=O)CCN(CCC(=O)OC)c1ccc2cc(C(=O)Nc3cc(N4C(=O)C=C(OC)C4=O)cc(N4C(=O)C=C(OC)C4=O)c3)c(=O)oc2c1. The number of anilines is 8. The minimum Gasteiger partial charge on any atom is -0.491 e. The molecule has 0 saturated heterocycles. The summed E-state index contributed by atoms with van der Waals surface area (Å²) in [5, 5.41) is 5.91.